The monoisotopic (exact) mass is 499 g/mol. The van der Waals surface area contributed by atoms with E-state index in [0.717, 1.165) is 31.6 Å². The van der Waals surface area contributed by atoms with Gasteiger partial charge in [0.1, 0.15) is 5.75 Å². The number of aromatic nitrogens is 1. The number of pyridine rings is 1. The Bertz CT molecular complexity index is 1250. The first-order valence-corrected chi connectivity index (χ1v) is 11.7. The first-order chi connectivity index (χ1) is 17.0. The van der Waals surface area contributed by atoms with Gasteiger partial charge in [-0.2, -0.15) is 13.2 Å². The summed E-state index contributed by atoms with van der Waals surface area (Å²) in [7, 11) is 1.14. The molecule has 190 valence electrons. The number of alkyl halides is 3. The van der Waals surface area contributed by atoms with Crippen LogP contribution in [0.3, 0.4) is 0 Å². The van der Waals surface area contributed by atoms with E-state index in [0.29, 0.717) is 29.0 Å². The number of halogens is 3. The molecule has 0 bridgehead atoms. The zero-order valence-electron chi connectivity index (χ0n) is 20.6. The Kier molecular flexibility index (Phi) is 7.09. The zero-order chi connectivity index (χ0) is 26.1. The Morgan fingerprint density at radius 3 is 2.39 bits per heavy atom. The van der Waals surface area contributed by atoms with Gasteiger partial charge in [0.15, 0.2) is 6.10 Å². The normalized spacial score (nSPS) is 14.5. The van der Waals surface area contributed by atoms with E-state index < -0.39 is 29.4 Å². The minimum atomic E-state index is -4.74. The molecule has 3 aromatic rings. The van der Waals surface area contributed by atoms with Gasteiger partial charge in [0.25, 0.3) is 0 Å². The summed E-state index contributed by atoms with van der Waals surface area (Å²) in [5.41, 5.74) is 0.679. The van der Waals surface area contributed by atoms with Crippen molar-refractivity contribution in [3.8, 4) is 28.0 Å². The minimum Gasteiger partial charge on any atom is -0.493 e. The second kappa shape index (κ2) is 9.93. The average Bonchev–Trinajstić information content (AvgIpc) is 2.85. The molecule has 0 radical (unpaired) electrons. The molecule has 0 N–H and O–H groups in total. The van der Waals surface area contributed by atoms with Gasteiger partial charge in [-0.1, -0.05) is 12.1 Å². The predicted molar refractivity (Wildman–Crippen MR) is 130 cm³/mol. The number of methoxy groups -OCH3 is 1. The molecule has 0 saturated carbocycles. The van der Waals surface area contributed by atoms with Crippen LogP contribution in [0, 0.1) is 0 Å². The van der Waals surface area contributed by atoms with Crippen molar-refractivity contribution in [1.82, 2.24) is 4.98 Å². The number of benzene rings is 2. The lowest BCUT2D eigenvalue weighted by Crippen LogP contribution is -2.30. The number of aryl methyl sites for hydroxylation is 1. The molecule has 8 heteroatoms. The van der Waals surface area contributed by atoms with Crippen LogP contribution in [-0.2, 0) is 26.9 Å². The van der Waals surface area contributed by atoms with Crippen molar-refractivity contribution >= 4 is 5.97 Å². The van der Waals surface area contributed by atoms with Crippen molar-refractivity contribution in [3.63, 3.8) is 0 Å². The summed E-state index contributed by atoms with van der Waals surface area (Å²) >= 11 is 0. The van der Waals surface area contributed by atoms with Crippen molar-refractivity contribution < 1.29 is 32.2 Å². The standard InChI is InChI=1S/C28H28F3NO4/c1-27(2,3)36-25(26(33)34-4)24-21(28(29,30)31)9-8-20(17-11-13-32-14-12-17)23(24)19-7-10-22-18(16-19)6-5-15-35-22/h7-14,16,25H,5-6,15H2,1-4H3. The fourth-order valence-electron chi connectivity index (χ4n) is 4.42. The minimum absolute atomic E-state index is 0.254. The molecule has 1 atom stereocenters. The molecule has 0 aliphatic carbocycles. The maximum Gasteiger partial charge on any atom is 0.416 e. The Balaban J connectivity index is 2.11. The van der Waals surface area contributed by atoms with Crippen molar-refractivity contribution in [1.29, 1.82) is 0 Å². The molecule has 0 fully saturated rings. The van der Waals surface area contributed by atoms with E-state index >= 15 is 0 Å². The van der Waals surface area contributed by atoms with Crippen LogP contribution in [0.15, 0.2) is 54.9 Å². The second-order valence-electron chi connectivity index (χ2n) is 9.59. The van der Waals surface area contributed by atoms with Gasteiger partial charge in [-0.05, 0) is 91.8 Å². The summed E-state index contributed by atoms with van der Waals surface area (Å²) in [6, 6.07) is 11.2. The summed E-state index contributed by atoms with van der Waals surface area (Å²) in [6.45, 7) is 5.63. The van der Waals surface area contributed by atoms with Gasteiger partial charge >= 0.3 is 12.1 Å². The van der Waals surface area contributed by atoms with E-state index in [4.69, 9.17) is 14.2 Å². The predicted octanol–water partition coefficient (Wildman–Crippen LogP) is 6.79. The second-order valence-corrected chi connectivity index (χ2v) is 9.59. The third-order valence-corrected chi connectivity index (χ3v) is 5.89. The van der Waals surface area contributed by atoms with Crippen LogP contribution < -0.4 is 4.74 Å². The van der Waals surface area contributed by atoms with Gasteiger partial charge in [0, 0.05) is 18.0 Å². The number of carbonyl (C=O) groups excluding carboxylic acids is 1. The lowest BCUT2D eigenvalue weighted by Gasteiger charge is -2.31. The maximum atomic E-state index is 14.5. The fourth-order valence-corrected chi connectivity index (χ4v) is 4.42. The molecule has 0 amide bonds. The van der Waals surface area contributed by atoms with Gasteiger partial charge in [-0.3, -0.25) is 4.98 Å². The van der Waals surface area contributed by atoms with Crippen LogP contribution in [0.4, 0.5) is 13.2 Å². The summed E-state index contributed by atoms with van der Waals surface area (Å²) in [6.07, 6.45) is -1.68. The highest BCUT2D eigenvalue weighted by Gasteiger charge is 2.42. The van der Waals surface area contributed by atoms with Gasteiger partial charge in [-0.25, -0.2) is 4.79 Å². The smallest absolute Gasteiger partial charge is 0.416 e. The summed E-state index contributed by atoms with van der Waals surface area (Å²) in [5.74, 6) is -0.204. The quantitative estimate of drug-likeness (QED) is 0.362. The zero-order valence-corrected chi connectivity index (χ0v) is 20.6. The van der Waals surface area contributed by atoms with Gasteiger partial charge < -0.3 is 14.2 Å². The van der Waals surface area contributed by atoms with Gasteiger partial charge in [0.05, 0.1) is 24.9 Å². The molecule has 2 heterocycles. The molecule has 1 unspecified atom stereocenters. The summed E-state index contributed by atoms with van der Waals surface area (Å²) in [4.78, 5) is 17.0. The lowest BCUT2D eigenvalue weighted by molar-refractivity contribution is -0.166. The highest BCUT2D eigenvalue weighted by atomic mass is 19.4. The highest BCUT2D eigenvalue weighted by molar-refractivity contribution is 5.91. The number of carbonyl (C=O) groups is 1. The Labute approximate surface area is 208 Å². The SMILES string of the molecule is COC(=O)C(OC(C)(C)C)c1c(C(F)(F)F)ccc(-c2ccncc2)c1-c1ccc2c(c1)CCCO2. The van der Waals surface area contributed by atoms with Crippen molar-refractivity contribution in [3.05, 3.63) is 71.5 Å². The molecule has 1 aliphatic heterocycles. The van der Waals surface area contributed by atoms with E-state index in [1.807, 2.05) is 6.07 Å². The van der Waals surface area contributed by atoms with Crippen molar-refractivity contribution in [2.24, 2.45) is 0 Å². The summed E-state index contributed by atoms with van der Waals surface area (Å²) < 4.78 is 60.1. The Morgan fingerprint density at radius 2 is 1.75 bits per heavy atom. The first-order valence-electron chi connectivity index (χ1n) is 11.7. The topological polar surface area (TPSA) is 57.7 Å². The number of hydrogen-bond donors (Lipinski definition) is 0. The van der Waals surface area contributed by atoms with E-state index in [9.17, 15) is 18.0 Å². The lowest BCUT2D eigenvalue weighted by atomic mass is 9.84. The Hall–Kier alpha value is -3.39. The van der Waals surface area contributed by atoms with Gasteiger partial charge in [0.2, 0.25) is 0 Å². The van der Waals surface area contributed by atoms with Crippen LogP contribution in [0.1, 0.15) is 50.0 Å². The summed E-state index contributed by atoms with van der Waals surface area (Å²) in [5, 5.41) is 0. The van der Waals surface area contributed by atoms with Crippen molar-refractivity contribution in [2.45, 2.75) is 51.5 Å². The Morgan fingerprint density at radius 1 is 1.03 bits per heavy atom. The number of ether oxygens (including phenoxy) is 3. The van der Waals surface area contributed by atoms with Crippen LogP contribution in [0.2, 0.25) is 0 Å². The van der Waals surface area contributed by atoms with E-state index in [2.05, 4.69) is 4.98 Å². The number of nitrogens with zero attached hydrogens (tertiary/aromatic N) is 1. The molecule has 1 aromatic heterocycles. The molecule has 5 nitrogen and oxygen atoms in total. The fraction of sp³-hybridized carbons (Fsp3) is 0.357. The largest absolute Gasteiger partial charge is 0.493 e. The van der Waals surface area contributed by atoms with E-state index in [1.54, 1.807) is 57.4 Å². The van der Waals surface area contributed by atoms with Gasteiger partial charge in [-0.15, -0.1) is 0 Å². The van der Waals surface area contributed by atoms with E-state index in [-0.39, 0.29) is 11.1 Å². The van der Waals surface area contributed by atoms with E-state index in [1.165, 1.54) is 6.07 Å². The first kappa shape index (κ1) is 25.7. The van der Waals surface area contributed by atoms with Crippen molar-refractivity contribution in [2.75, 3.05) is 13.7 Å². The number of rotatable bonds is 5. The molecule has 0 saturated heterocycles. The molecular formula is C28H28F3NO4. The van der Waals surface area contributed by atoms with Crippen LogP contribution in [0.25, 0.3) is 22.3 Å². The van der Waals surface area contributed by atoms with Crippen LogP contribution in [-0.4, -0.2) is 30.3 Å². The molecule has 1 aliphatic rings. The van der Waals surface area contributed by atoms with Crippen LogP contribution in [0.5, 0.6) is 5.75 Å². The molecular weight excluding hydrogens is 471 g/mol. The molecule has 0 spiro atoms. The third-order valence-electron chi connectivity index (χ3n) is 5.89. The molecule has 2 aromatic carbocycles. The average molecular weight is 500 g/mol. The number of hydrogen-bond acceptors (Lipinski definition) is 5. The third kappa shape index (κ3) is 5.38. The number of esters is 1. The maximum absolute atomic E-state index is 14.5. The van der Waals surface area contributed by atoms with Crippen LogP contribution >= 0.6 is 0 Å². The molecule has 4 rings (SSSR count). The molecule has 36 heavy (non-hydrogen) atoms. The highest BCUT2D eigenvalue weighted by Crippen LogP contribution is 2.47. The number of fused-ring (bicyclic) bond motifs is 1.